The number of benzene rings is 1. The Labute approximate surface area is 118 Å². The monoisotopic (exact) mass is 307 g/mol. The Morgan fingerprint density at radius 2 is 2.11 bits per heavy atom. The van der Waals surface area contributed by atoms with Gasteiger partial charge in [0, 0.05) is 18.2 Å². The van der Waals surface area contributed by atoms with Crippen LogP contribution >= 0.6 is 11.6 Å². The van der Waals surface area contributed by atoms with Gasteiger partial charge in [0.2, 0.25) is 10.0 Å². The molecule has 5 nitrogen and oxygen atoms in total. The number of rotatable bonds is 8. The van der Waals surface area contributed by atoms with Crippen LogP contribution in [0.4, 0.5) is 0 Å². The van der Waals surface area contributed by atoms with E-state index in [4.69, 9.17) is 21.4 Å². The van der Waals surface area contributed by atoms with E-state index in [1.165, 1.54) is 6.07 Å². The zero-order chi connectivity index (χ0) is 14.3. The van der Waals surface area contributed by atoms with Crippen molar-refractivity contribution in [3.63, 3.8) is 0 Å². The highest BCUT2D eigenvalue weighted by Gasteiger charge is 2.16. The van der Waals surface area contributed by atoms with Crippen LogP contribution in [0.25, 0.3) is 0 Å². The molecular weight excluding hydrogens is 290 g/mol. The molecule has 0 bridgehead atoms. The van der Waals surface area contributed by atoms with Crippen LogP contribution in [0.15, 0.2) is 23.1 Å². The van der Waals surface area contributed by atoms with Gasteiger partial charge in [-0.05, 0) is 31.0 Å². The summed E-state index contributed by atoms with van der Waals surface area (Å²) >= 11 is 5.81. The number of sulfonamides is 1. The summed E-state index contributed by atoms with van der Waals surface area (Å²) in [4.78, 5) is 0.191. The fourth-order valence-electron chi connectivity index (χ4n) is 1.49. The highest BCUT2D eigenvalue weighted by Crippen LogP contribution is 2.19. The van der Waals surface area contributed by atoms with Gasteiger partial charge in [-0.2, -0.15) is 0 Å². The first-order chi connectivity index (χ1) is 8.97. The molecule has 1 aromatic carbocycles. The molecule has 0 saturated heterocycles. The molecule has 0 heterocycles. The number of hydrogen-bond donors (Lipinski definition) is 2. The fraction of sp³-hybridized carbons (Fsp3) is 0.500. The lowest BCUT2D eigenvalue weighted by Gasteiger charge is -2.09. The Morgan fingerprint density at radius 1 is 1.37 bits per heavy atom. The highest BCUT2D eigenvalue weighted by molar-refractivity contribution is 7.89. The van der Waals surface area contributed by atoms with Crippen molar-refractivity contribution in [2.45, 2.75) is 18.2 Å². The SMILES string of the molecule is Cc1ccc(Cl)cc1S(=O)(=O)NCCCOCCO. The third-order valence-corrected chi connectivity index (χ3v) is 4.27. The average molecular weight is 308 g/mol. The van der Waals surface area contributed by atoms with Gasteiger partial charge in [0.15, 0.2) is 0 Å². The summed E-state index contributed by atoms with van der Waals surface area (Å²) in [6, 6.07) is 4.75. The van der Waals surface area contributed by atoms with Crippen LogP contribution in [0, 0.1) is 6.92 Å². The van der Waals surface area contributed by atoms with Gasteiger partial charge in [0.25, 0.3) is 0 Å². The van der Waals surface area contributed by atoms with E-state index >= 15 is 0 Å². The molecule has 19 heavy (non-hydrogen) atoms. The normalized spacial score (nSPS) is 11.7. The molecule has 0 aliphatic heterocycles. The predicted molar refractivity (Wildman–Crippen MR) is 73.9 cm³/mol. The van der Waals surface area contributed by atoms with E-state index in [-0.39, 0.29) is 24.7 Å². The molecule has 0 aromatic heterocycles. The fourth-order valence-corrected chi connectivity index (χ4v) is 3.07. The van der Waals surface area contributed by atoms with Gasteiger partial charge < -0.3 is 9.84 Å². The first kappa shape index (κ1) is 16.4. The Kier molecular flexibility index (Phi) is 6.74. The molecular formula is C12H18ClNO4S. The van der Waals surface area contributed by atoms with Gasteiger partial charge in [-0.25, -0.2) is 13.1 Å². The summed E-state index contributed by atoms with van der Waals surface area (Å²) in [5.41, 5.74) is 0.647. The van der Waals surface area contributed by atoms with E-state index in [9.17, 15) is 8.42 Å². The Bertz CT molecular complexity index is 504. The first-order valence-electron chi connectivity index (χ1n) is 5.92. The number of hydrogen-bond acceptors (Lipinski definition) is 4. The van der Waals surface area contributed by atoms with Crippen LogP contribution in [-0.4, -0.2) is 39.9 Å². The van der Waals surface area contributed by atoms with Gasteiger partial charge in [-0.3, -0.25) is 0 Å². The van der Waals surface area contributed by atoms with E-state index in [2.05, 4.69) is 4.72 Å². The van der Waals surface area contributed by atoms with Crippen molar-refractivity contribution in [3.8, 4) is 0 Å². The van der Waals surface area contributed by atoms with Crippen LogP contribution in [0.2, 0.25) is 5.02 Å². The van der Waals surface area contributed by atoms with Crippen molar-refractivity contribution < 1.29 is 18.3 Å². The number of aliphatic hydroxyl groups is 1. The lowest BCUT2D eigenvalue weighted by Crippen LogP contribution is -2.26. The number of ether oxygens (including phenoxy) is 1. The smallest absolute Gasteiger partial charge is 0.240 e. The molecule has 2 N–H and O–H groups in total. The summed E-state index contributed by atoms with van der Waals surface area (Å²) in [5, 5.41) is 8.89. The third kappa shape index (κ3) is 5.46. The van der Waals surface area contributed by atoms with Crippen molar-refractivity contribution in [3.05, 3.63) is 28.8 Å². The van der Waals surface area contributed by atoms with Crippen molar-refractivity contribution in [2.75, 3.05) is 26.4 Å². The van der Waals surface area contributed by atoms with Crippen molar-refractivity contribution in [1.82, 2.24) is 4.72 Å². The molecule has 0 atom stereocenters. The van der Waals surface area contributed by atoms with Gasteiger partial charge in [-0.15, -0.1) is 0 Å². The largest absolute Gasteiger partial charge is 0.394 e. The van der Waals surface area contributed by atoms with E-state index in [1.54, 1.807) is 19.1 Å². The van der Waals surface area contributed by atoms with E-state index in [0.29, 0.717) is 23.6 Å². The summed E-state index contributed by atoms with van der Waals surface area (Å²) in [6.45, 7) is 2.63. The second kappa shape index (κ2) is 7.81. The Morgan fingerprint density at radius 3 is 2.79 bits per heavy atom. The average Bonchev–Trinajstić information content (AvgIpc) is 2.36. The minimum atomic E-state index is -3.55. The molecule has 0 aliphatic rings. The second-order valence-electron chi connectivity index (χ2n) is 4.00. The number of nitrogens with one attached hydrogen (secondary N) is 1. The number of aryl methyl sites for hydroxylation is 1. The molecule has 108 valence electrons. The van der Waals surface area contributed by atoms with Gasteiger partial charge in [-0.1, -0.05) is 17.7 Å². The lowest BCUT2D eigenvalue weighted by atomic mass is 10.2. The second-order valence-corrected chi connectivity index (χ2v) is 6.17. The number of halogens is 1. The predicted octanol–water partition coefficient (Wildman–Crippen LogP) is 1.33. The van der Waals surface area contributed by atoms with Crippen LogP contribution in [0.1, 0.15) is 12.0 Å². The Balaban J connectivity index is 2.54. The quantitative estimate of drug-likeness (QED) is 0.710. The molecule has 7 heteroatoms. The minimum Gasteiger partial charge on any atom is -0.394 e. The number of aliphatic hydroxyl groups excluding tert-OH is 1. The highest BCUT2D eigenvalue weighted by atomic mass is 35.5. The van der Waals surface area contributed by atoms with Crippen molar-refractivity contribution in [1.29, 1.82) is 0 Å². The zero-order valence-corrected chi connectivity index (χ0v) is 12.3. The van der Waals surface area contributed by atoms with Crippen LogP contribution < -0.4 is 4.72 Å². The van der Waals surface area contributed by atoms with Crippen LogP contribution in [-0.2, 0) is 14.8 Å². The summed E-state index contributed by atoms with van der Waals surface area (Å²) in [7, 11) is -3.55. The first-order valence-corrected chi connectivity index (χ1v) is 7.78. The van der Waals surface area contributed by atoms with Gasteiger partial charge in [0.05, 0.1) is 18.1 Å². The van der Waals surface area contributed by atoms with Crippen LogP contribution in [0.3, 0.4) is 0 Å². The topological polar surface area (TPSA) is 75.6 Å². The van der Waals surface area contributed by atoms with E-state index in [1.807, 2.05) is 0 Å². The maximum Gasteiger partial charge on any atom is 0.240 e. The molecule has 0 unspecified atom stereocenters. The van der Waals surface area contributed by atoms with Crippen LogP contribution in [0.5, 0.6) is 0 Å². The maximum atomic E-state index is 12.0. The standard InChI is InChI=1S/C12H18ClNO4S/c1-10-3-4-11(13)9-12(10)19(16,17)14-5-2-7-18-8-6-15/h3-4,9,14-15H,2,5-8H2,1H3. The third-order valence-electron chi connectivity index (χ3n) is 2.43. The molecule has 0 spiro atoms. The molecule has 0 radical (unpaired) electrons. The molecule has 1 aromatic rings. The Hall–Kier alpha value is -0.660. The van der Waals surface area contributed by atoms with Crippen molar-refractivity contribution >= 4 is 21.6 Å². The maximum absolute atomic E-state index is 12.0. The molecule has 0 amide bonds. The molecule has 0 fully saturated rings. The molecule has 1 rings (SSSR count). The summed E-state index contributed by atoms with van der Waals surface area (Å²) in [5.74, 6) is 0. The van der Waals surface area contributed by atoms with Gasteiger partial charge >= 0.3 is 0 Å². The minimum absolute atomic E-state index is 0.0343. The summed E-state index contributed by atoms with van der Waals surface area (Å²) < 4.78 is 31.6. The van der Waals surface area contributed by atoms with E-state index < -0.39 is 10.0 Å². The zero-order valence-electron chi connectivity index (χ0n) is 10.7. The molecule has 0 aliphatic carbocycles. The van der Waals surface area contributed by atoms with E-state index in [0.717, 1.165) is 0 Å². The van der Waals surface area contributed by atoms with Crippen molar-refractivity contribution in [2.24, 2.45) is 0 Å². The lowest BCUT2D eigenvalue weighted by molar-refractivity contribution is 0.0913. The van der Waals surface area contributed by atoms with Gasteiger partial charge in [0.1, 0.15) is 0 Å². The summed E-state index contributed by atoms with van der Waals surface area (Å²) in [6.07, 6.45) is 0.541. The molecule has 0 saturated carbocycles.